The van der Waals surface area contributed by atoms with E-state index in [1.165, 1.54) is 0 Å². The van der Waals surface area contributed by atoms with E-state index in [0.29, 0.717) is 13.1 Å². The van der Waals surface area contributed by atoms with Gasteiger partial charge in [0, 0.05) is 18.8 Å². The number of aliphatic carboxylic acids is 1. The second kappa shape index (κ2) is 6.59. The summed E-state index contributed by atoms with van der Waals surface area (Å²) >= 11 is 1.78. The van der Waals surface area contributed by atoms with E-state index in [-0.39, 0.29) is 0 Å². The summed E-state index contributed by atoms with van der Waals surface area (Å²) in [5.74, 6) is 0.663. The van der Waals surface area contributed by atoms with Crippen LogP contribution in [0.5, 0.6) is 0 Å². The van der Waals surface area contributed by atoms with Crippen molar-refractivity contribution in [2.24, 2.45) is 0 Å². The summed E-state index contributed by atoms with van der Waals surface area (Å²) in [6.45, 7) is 0.661. The van der Waals surface area contributed by atoms with Crippen molar-refractivity contribution in [3.63, 3.8) is 0 Å². The maximum atomic E-state index is 11.7. The molecule has 16 heavy (non-hydrogen) atoms. The van der Waals surface area contributed by atoms with E-state index in [9.17, 15) is 9.59 Å². The van der Waals surface area contributed by atoms with Gasteiger partial charge in [-0.1, -0.05) is 0 Å². The van der Waals surface area contributed by atoms with Crippen LogP contribution in [0.2, 0.25) is 0 Å². The highest BCUT2D eigenvalue weighted by atomic mass is 32.2. The Bertz CT molecular complexity index is 254. The van der Waals surface area contributed by atoms with Crippen molar-refractivity contribution in [2.75, 3.05) is 31.2 Å². The predicted octanol–water partition coefficient (Wildman–Crippen LogP) is -0.420. The number of aliphatic hydroxyl groups is 1. The lowest BCUT2D eigenvalue weighted by Gasteiger charge is -2.22. The number of aliphatic hydroxyl groups excluding tert-OH is 1. The summed E-state index contributed by atoms with van der Waals surface area (Å²) in [6, 6.07) is -1.63. The van der Waals surface area contributed by atoms with Gasteiger partial charge in [-0.25, -0.2) is 9.59 Å². The molecule has 2 amide bonds. The maximum absolute atomic E-state index is 11.7. The number of rotatable bonds is 3. The third-order valence-electron chi connectivity index (χ3n) is 2.29. The molecule has 1 aliphatic heterocycles. The standard InChI is InChI=1S/C9H16N2O4S/c12-6-7(8(13)14)10-9(15)11-2-1-4-16-5-3-11/h7,12H,1-6H2,(H,10,15)(H,13,14). The zero-order chi connectivity index (χ0) is 12.0. The summed E-state index contributed by atoms with van der Waals surface area (Å²) in [4.78, 5) is 23.9. The molecule has 7 heteroatoms. The first kappa shape index (κ1) is 13.1. The van der Waals surface area contributed by atoms with Crippen LogP contribution in [0, 0.1) is 0 Å². The van der Waals surface area contributed by atoms with Gasteiger partial charge in [-0.15, -0.1) is 0 Å². The first-order chi connectivity index (χ1) is 7.65. The van der Waals surface area contributed by atoms with Crippen LogP contribution < -0.4 is 5.32 Å². The zero-order valence-electron chi connectivity index (χ0n) is 8.89. The third-order valence-corrected chi connectivity index (χ3v) is 3.34. The molecular weight excluding hydrogens is 232 g/mol. The van der Waals surface area contributed by atoms with Gasteiger partial charge < -0.3 is 20.4 Å². The molecule has 1 saturated heterocycles. The van der Waals surface area contributed by atoms with Gasteiger partial charge in [0.2, 0.25) is 0 Å². The van der Waals surface area contributed by atoms with Crippen molar-refractivity contribution in [2.45, 2.75) is 12.5 Å². The fourth-order valence-corrected chi connectivity index (χ4v) is 2.26. The predicted molar refractivity (Wildman–Crippen MR) is 60.6 cm³/mol. The molecular formula is C9H16N2O4S. The van der Waals surface area contributed by atoms with Crippen molar-refractivity contribution < 1.29 is 19.8 Å². The second-order valence-electron chi connectivity index (χ2n) is 3.48. The van der Waals surface area contributed by atoms with Crippen LogP contribution >= 0.6 is 11.8 Å². The van der Waals surface area contributed by atoms with E-state index in [2.05, 4.69) is 5.32 Å². The Hall–Kier alpha value is -0.950. The molecule has 1 heterocycles. The number of nitrogens with one attached hydrogen (secondary N) is 1. The van der Waals surface area contributed by atoms with Crippen LogP contribution in [-0.4, -0.2) is 64.4 Å². The van der Waals surface area contributed by atoms with Crippen LogP contribution in [0.25, 0.3) is 0 Å². The minimum Gasteiger partial charge on any atom is -0.480 e. The second-order valence-corrected chi connectivity index (χ2v) is 4.70. The first-order valence-corrected chi connectivity index (χ1v) is 6.27. The number of hydrogen-bond donors (Lipinski definition) is 3. The lowest BCUT2D eigenvalue weighted by atomic mass is 10.3. The summed E-state index contributed by atoms with van der Waals surface area (Å²) in [7, 11) is 0. The maximum Gasteiger partial charge on any atom is 0.328 e. The SMILES string of the molecule is O=C(O)C(CO)NC(=O)N1CCCSCC1. The lowest BCUT2D eigenvalue weighted by Crippen LogP contribution is -2.50. The van der Waals surface area contributed by atoms with Crippen LogP contribution in [0.15, 0.2) is 0 Å². The van der Waals surface area contributed by atoms with Gasteiger partial charge in [-0.3, -0.25) is 0 Å². The van der Waals surface area contributed by atoms with Crippen LogP contribution in [0.4, 0.5) is 4.79 Å². The summed E-state index contributed by atoms with van der Waals surface area (Å²) in [5, 5.41) is 19.8. The number of carbonyl (C=O) groups is 2. The Morgan fingerprint density at radius 1 is 1.38 bits per heavy atom. The smallest absolute Gasteiger partial charge is 0.328 e. The van der Waals surface area contributed by atoms with Gasteiger partial charge in [0.1, 0.15) is 0 Å². The Labute approximate surface area is 98.0 Å². The van der Waals surface area contributed by atoms with Crippen molar-refractivity contribution >= 4 is 23.8 Å². The van der Waals surface area contributed by atoms with Crippen molar-refractivity contribution in [1.82, 2.24) is 10.2 Å². The van der Waals surface area contributed by atoms with Gasteiger partial charge in [-0.05, 0) is 12.2 Å². The van der Waals surface area contributed by atoms with E-state index >= 15 is 0 Å². The van der Waals surface area contributed by atoms with Crippen molar-refractivity contribution in [1.29, 1.82) is 0 Å². The molecule has 0 aromatic heterocycles. The Balaban J connectivity index is 2.46. The van der Waals surface area contributed by atoms with Crippen LogP contribution in [-0.2, 0) is 4.79 Å². The number of amides is 2. The number of nitrogens with zero attached hydrogens (tertiary/aromatic N) is 1. The molecule has 0 aromatic rings. The molecule has 1 unspecified atom stereocenters. The molecule has 6 nitrogen and oxygen atoms in total. The number of urea groups is 1. The quantitative estimate of drug-likeness (QED) is 0.631. The monoisotopic (exact) mass is 248 g/mol. The molecule has 0 spiro atoms. The molecule has 1 atom stereocenters. The fourth-order valence-electron chi connectivity index (χ4n) is 1.37. The number of carboxylic acids is 1. The molecule has 1 rings (SSSR count). The minimum absolute atomic E-state index is 0.413. The average molecular weight is 248 g/mol. The van der Waals surface area contributed by atoms with Gasteiger partial charge in [-0.2, -0.15) is 11.8 Å². The van der Waals surface area contributed by atoms with Crippen molar-refractivity contribution in [3.8, 4) is 0 Å². The Morgan fingerprint density at radius 2 is 2.12 bits per heavy atom. The Kier molecular flexibility index (Phi) is 5.41. The van der Waals surface area contributed by atoms with E-state index in [0.717, 1.165) is 17.9 Å². The van der Waals surface area contributed by atoms with Crippen LogP contribution in [0.1, 0.15) is 6.42 Å². The topological polar surface area (TPSA) is 89.9 Å². The molecule has 0 saturated carbocycles. The lowest BCUT2D eigenvalue weighted by molar-refractivity contribution is -0.140. The molecule has 0 aromatic carbocycles. The highest BCUT2D eigenvalue weighted by Gasteiger charge is 2.22. The highest BCUT2D eigenvalue weighted by molar-refractivity contribution is 7.99. The summed E-state index contributed by atoms with van der Waals surface area (Å²) < 4.78 is 0. The van der Waals surface area contributed by atoms with E-state index in [4.69, 9.17) is 10.2 Å². The summed E-state index contributed by atoms with van der Waals surface area (Å²) in [5.41, 5.74) is 0. The highest BCUT2D eigenvalue weighted by Crippen LogP contribution is 2.09. The molecule has 0 radical (unpaired) electrons. The molecule has 1 fully saturated rings. The van der Waals surface area contributed by atoms with Gasteiger partial charge >= 0.3 is 12.0 Å². The van der Waals surface area contributed by atoms with Crippen LogP contribution in [0.3, 0.4) is 0 Å². The van der Waals surface area contributed by atoms with E-state index < -0.39 is 24.6 Å². The third kappa shape index (κ3) is 3.90. The molecule has 1 aliphatic rings. The zero-order valence-corrected chi connectivity index (χ0v) is 9.70. The number of carboxylic acid groups (broad SMARTS) is 1. The van der Waals surface area contributed by atoms with Gasteiger partial charge in [0.05, 0.1) is 6.61 Å². The molecule has 0 bridgehead atoms. The molecule has 0 aliphatic carbocycles. The van der Waals surface area contributed by atoms with Gasteiger partial charge in [0.25, 0.3) is 0 Å². The first-order valence-electron chi connectivity index (χ1n) is 5.12. The van der Waals surface area contributed by atoms with E-state index in [1.54, 1.807) is 16.7 Å². The largest absolute Gasteiger partial charge is 0.480 e. The minimum atomic E-state index is -1.22. The molecule has 3 N–H and O–H groups in total. The number of carbonyl (C=O) groups excluding carboxylic acids is 1. The Morgan fingerprint density at radius 3 is 2.75 bits per heavy atom. The number of thioether (sulfide) groups is 1. The normalized spacial score (nSPS) is 18.7. The number of hydrogen-bond acceptors (Lipinski definition) is 4. The fraction of sp³-hybridized carbons (Fsp3) is 0.778. The molecule has 92 valence electrons. The average Bonchev–Trinajstić information content (AvgIpc) is 2.53. The van der Waals surface area contributed by atoms with Crippen molar-refractivity contribution in [3.05, 3.63) is 0 Å². The van der Waals surface area contributed by atoms with Gasteiger partial charge in [0.15, 0.2) is 6.04 Å². The summed E-state index contributed by atoms with van der Waals surface area (Å²) in [6.07, 6.45) is 0.912. The van der Waals surface area contributed by atoms with E-state index in [1.807, 2.05) is 0 Å².